The second-order valence-electron chi connectivity index (χ2n) is 5.46. The Bertz CT molecular complexity index is 858. The maximum atomic E-state index is 12.5. The summed E-state index contributed by atoms with van der Waals surface area (Å²) in [5, 5.41) is 2.87. The number of methoxy groups -OCH3 is 2. The number of amides is 1. The van der Waals surface area contributed by atoms with Crippen LogP contribution in [0.1, 0.15) is 10.4 Å². The molecule has 0 fully saturated rings. The van der Waals surface area contributed by atoms with Gasteiger partial charge in [0.05, 0.1) is 19.9 Å². The van der Waals surface area contributed by atoms with Gasteiger partial charge in [0.1, 0.15) is 11.5 Å². The summed E-state index contributed by atoms with van der Waals surface area (Å²) in [7, 11) is 3.14. The lowest BCUT2D eigenvalue weighted by molar-refractivity contribution is 0.102. The molecule has 0 spiro atoms. The summed E-state index contributed by atoms with van der Waals surface area (Å²) in [5.74, 6) is 1.02. The number of carbonyl (C=O) groups is 1. The second kappa shape index (κ2) is 7.53. The number of rotatable bonds is 5. The zero-order valence-corrected chi connectivity index (χ0v) is 14.2. The molecule has 3 aromatic carbocycles. The van der Waals surface area contributed by atoms with E-state index in [2.05, 4.69) is 5.32 Å². The molecule has 0 aliphatic heterocycles. The first-order valence-corrected chi connectivity index (χ1v) is 7.90. The van der Waals surface area contributed by atoms with Crippen molar-refractivity contribution in [3.8, 4) is 22.6 Å². The van der Waals surface area contributed by atoms with E-state index in [9.17, 15) is 4.79 Å². The van der Waals surface area contributed by atoms with Crippen molar-refractivity contribution in [1.82, 2.24) is 0 Å². The molecule has 0 saturated heterocycles. The molecule has 126 valence electrons. The molecular formula is C21H19NO3. The number of nitrogens with one attached hydrogen (secondary N) is 1. The predicted octanol–water partition coefficient (Wildman–Crippen LogP) is 4.62. The lowest BCUT2D eigenvalue weighted by Gasteiger charge is -2.12. The lowest BCUT2D eigenvalue weighted by atomic mass is 10.0. The van der Waals surface area contributed by atoms with Crippen molar-refractivity contribution in [2.75, 3.05) is 19.5 Å². The Hall–Kier alpha value is -3.27. The van der Waals surface area contributed by atoms with Gasteiger partial charge in [-0.1, -0.05) is 42.5 Å². The van der Waals surface area contributed by atoms with Crippen LogP contribution >= 0.6 is 0 Å². The molecule has 0 atom stereocenters. The molecule has 3 rings (SSSR count). The Morgan fingerprint density at radius 1 is 0.800 bits per heavy atom. The monoisotopic (exact) mass is 333 g/mol. The molecule has 0 aliphatic rings. The normalized spacial score (nSPS) is 10.2. The minimum absolute atomic E-state index is 0.203. The van der Waals surface area contributed by atoms with Gasteiger partial charge in [0.2, 0.25) is 0 Å². The van der Waals surface area contributed by atoms with Crippen LogP contribution in [-0.2, 0) is 0 Å². The number of hydrogen-bond donors (Lipinski definition) is 1. The van der Waals surface area contributed by atoms with E-state index in [0.717, 1.165) is 11.1 Å². The van der Waals surface area contributed by atoms with Gasteiger partial charge in [0, 0.05) is 11.6 Å². The molecule has 0 aromatic heterocycles. The summed E-state index contributed by atoms with van der Waals surface area (Å²) in [6.45, 7) is 0. The van der Waals surface area contributed by atoms with Crippen LogP contribution in [0, 0.1) is 0 Å². The smallest absolute Gasteiger partial charge is 0.255 e. The third kappa shape index (κ3) is 3.80. The van der Waals surface area contributed by atoms with E-state index in [-0.39, 0.29) is 5.91 Å². The van der Waals surface area contributed by atoms with Crippen LogP contribution in [0.25, 0.3) is 11.1 Å². The highest BCUT2D eigenvalue weighted by atomic mass is 16.5. The standard InChI is InChI=1S/C21H19NO3/c1-24-18-12-13-20(25-2)19(14-18)22-21(23)17-10-8-16(9-11-17)15-6-4-3-5-7-15/h3-14H,1-2H3,(H,22,23). The Labute approximate surface area is 147 Å². The quantitative estimate of drug-likeness (QED) is 0.741. The van der Waals surface area contributed by atoms with Gasteiger partial charge in [-0.15, -0.1) is 0 Å². The third-order valence-corrected chi connectivity index (χ3v) is 3.91. The average Bonchev–Trinajstić information content (AvgIpc) is 2.68. The number of ether oxygens (including phenoxy) is 2. The van der Waals surface area contributed by atoms with Gasteiger partial charge in [0.25, 0.3) is 5.91 Å². The minimum atomic E-state index is -0.203. The third-order valence-electron chi connectivity index (χ3n) is 3.91. The van der Waals surface area contributed by atoms with Gasteiger partial charge in [-0.2, -0.15) is 0 Å². The number of hydrogen-bond acceptors (Lipinski definition) is 3. The first-order valence-electron chi connectivity index (χ1n) is 7.90. The summed E-state index contributed by atoms with van der Waals surface area (Å²) < 4.78 is 10.5. The van der Waals surface area contributed by atoms with Crippen LogP contribution in [0.2, 0.25) is 0 Å². The van der Waals surface area contributed by atoms with E-state index in [4.69, 9.17) is 9.47 Å². The molecule has 4 heteroatoms. The average molecular weight is 333 g/mol. The Balaban J connectivity index is 1.80. The molecule has 25 heavy (non-hydrogen) atoms. The molecule has 1 amide bonds. The van der Waals surface area contributed by atoms with E-state index in [0.29, 0.717) is 22.7 Å². The number of benzene rings is 3. The zero-order chi connectivity index (χ0) is 17.6. The highest BCUT2D eigenvalue weighted by molar-refractivity contribution is 6.05. The Morgan fingerprint density at radius 2 is 1.48 bits per heavy atom. The van der Waals surface area contributed by atoms with E-state index in [1.807, 2.05) is 54.6 Å². The van der Waals surface area contributed by atoms with Gasteiger partial charge in [-0.05, 0) is 35.4 Å². The van der Waals surface area contributed by atoms with Crippen molar-refractivity contribution < 1.29 is 14.3 Å². The van der Waals surface area contributed by atoms with Crippen LogP contribution in [0.5, 0.6) is 11.5 Å². The lowest BCUT2D eigenvalue weighted by Crippen LogP contribution is -2.12. The van der Waals surface area contributed by atoms with Gasteiger partial charge >= 0.3 is 0 Å². The Kier molecular flexibility index (Phi) is 5.00. The molecule has 1 N–H and O–H groups in total. The van der Waals surface area contributed by atoms with E-state index >= 15 is 0 Å². The maximum Gasteiger partial charge on any atom is 0.255 e. The molecule has 3 aromatic rings. The molecule has 0 aliphatic carbocycles. The van der Waals surface area contributed by atoms with Gasteiger partial charge in [0.15, 0.2) is 0 Å². The van der Waals surface area contributed by atoms with Gasteiger partial charge in [-0.3, -0.25) is 4.79 Å². The predicted molar refractivity (Wildman–Crippen MR) is 99.4 cm³/mol. The molecular weight excluding hydrogens is 314 g/mol. The minimum Gasteiger partial charge on any atom is -0.497 e. The van der Waals surface area contributed by atoms with Crippen molar-refractivity contribution in [1.29, 1.82) is 0 Å². The Morgan fingerprint density at radius 3 is 2.12 bits per heavy atom. The maximum absolute atomic E-state index is 12.5. The van der Waals surface area contributed by atoms with E-state index in [1.54, 1.807) is 32.4 Å². The van der Waals surface area contributed by atoms with Crippen molar-refractivity contribution in [3.63, 3.8) is 0 Å². The van der Waals surface area contributed by atoms with Gasteiger partial charge in [-0.25, -0.2) is 0 Å². The topological polar surface area (TPSA) is 47.6 Å². The van der Waals surface area contributed by atoms with Crippen molar-refractivity contribution >= 4 is 11.6 Å². The van der Waals surface area contributed by atoms with Crippen molar-refractivity contribution in [3.05, 3.63) is 78.4 Å². The summed E-state index contributed by atoms with van der Waals surface area (Å²) >= 11 is 0. The summed E-state index contributed by atoms with van der Waals surface area (Å²) in [4.78, 5) is 12.5. The summed E-state index contributed by atoms with van der Waals surface area (Å²) in [5.41, 5.74) is 3.32. The zero-order valence-electron chi connectivity index (χ0n) is 14.2. The highest BCUT2D eigenvalue weighted by Gasteiger charge is 2.11. The molecule has 4 nitrogen and oxygen atoms in total. The summed E-state index contributed by atoms with van der Waals surface area (Å²) in [6, 6.07) is 22.8. The first kappa shape index (κ1) is 16.6. The van der Waals surface area contributed by atoms with Crippen LogP contribution < -0.4 is 14.8 Å². The molecule has 0 heterocycles. The van der Waals surface area contributed by atoms with Crippen LogP contribution in [0.3, 0.4) is 0 Å². The number of anilines is 1. The molecule has 0 bridgehead atoms. The van der Waals surface area contributed by atoms with Crippen LogP contribution in [0.4, 0.5) is 5.69 Å². The van der Waals surface area contributed by atoms with E-state index in [1.165, 1.54) is 0 Å². The molecule has 0 radical (unpaired) electrons. The van der Waals surface area contributed by atoms with Gasteiger partial charge < -0.3 is 14.8 Å². The molecule has 0 saturated carbocycles. The van der Waals surface area contributed by atoms with Crippen LogP contribution in [-0.4, -0.2) is 20.1 Å². The van der Waals surface area contributed by atoms with E-state index < -0.39 is 0 Å². The molecule has 0 unspecified atom stereocenters. The highest BCUT2D eigenvalue weighted by Crippen LogP contribution is 2.29. The van der Waals surface area contributed by atoms with Crippen LogP contribution in [0.15, 0.2) is 72.8 Å². The van der Waals surface area contributed by atoms with Crippen molar-refractivity contribution in [2.45, 2.75) is 0 Å². The SMILES string of the molecule is COc1ccc(OC)c(NC(=O)c2ccc(-c3ccccc3)cc2)c1. The second-order valence-corrected chi connectivity index (χ2v) is 5.46. The fraction of sp³-hybridized carbons (Fsp3) is 0.0952. The summed E-state index contributed by atoms with van der Waals surface area (Å²) in [6.07, 6.45) is 0. The first-order chi connectivity index (χ1) is 12.2. The fourth-order valence-electron chi connectivity index (χ4n) is 2.55. The largest absolute Gasteiger partial charge is 0.497 e. The fourth-order valence-corrected chi connectivity index (χ4v) is 2.55. The number of carbonyl (C=O) groups excluding carboxylic acids is 1. The van der Waals surface area contributed by atoms with Crippen molar-refractivity contribution in [2.24, 2.45) is 0 Å².